The van der Waals surface area contributed by atoms with E-state index in [1.807, 2.05) is 12.1 Å². The first-order chi connectivity index (χ1) is 9.81. The monoisotopic (exact) mass is 294 g/mol. The number of pyridine rings is 1. The van der Waals surface area contributed by atoms with Crippen LogP contribution in [0.25, 0.3) is 0 Å². The molecule has 110 valence electrons. The van der Waals surface area contributed by atoms with Crippen LogP contribution in [0.4, 0.5) is 0 Å². The number of rotatable bonds is 5. The first kappa shape index (κ1) is 14.2. The van der Waals surface area contributed by atoms with Gasteiger partial charge in [-0.15, -0.1) is 0 Å². The van der Waals surface area contributed by atoms with Gasteiger partial charge in [-0.1, -0.05) is 24.4 Å². The van der Waals surface area contributed by atoms with Crippen LogP contribution >= 0.6 is 11.6 Å². The molecule has 20 heavy (non-hydrogen) atoms. The molecule has 0 radical (unpaired) electrons. The van der Waals surface area contributed by atoms with E-state index in [1.54, 1.807) is 0 Å². The zero-order chi connectivity index (χ0) is 13.8. The van der Waals surface area contributed by atoms with Crippen LogP contribution in [-0.4, -0.2) is 17.1 Å². The summed E-state index contributed by atoms with van der Waals surface area (Å²) in [7, 11) is 0. The average Bonchev–Trinajstić information content (AvgIpc) is 3.27. The van der Waals surface area contributed by atoms with Crippen LogP contribution in [0, 0.1) is 0 Å². The summed E-state index contributed by atoms with van der Waals surface area (Å²) in [5, 5.41) is 4.18. The molecule has 1 heterocycles. The Labute approximate surface area is 126 Å². The normalized spacial score (nSPS) is 20.6. The van der Waals surface area contributed by atoms with E-state index in [0.717, 1.165) is 36.0 Å². The van der Waals surface area contributed by atoms with E-state index >= 15 is 0 Å². The fourth-order valence-corrected chi connectivity index (χ4v) is 2.88. The molecule has 2 fully saturated rings. The van der Waals surface area contributed by atoms with Crippen molar-refractivity contribution in [2.24, 2.45) is 0 Å². The second-order valence-corrected chi connectivity index (χ2v) is 6.37. The molecule has 1 aromatic rings. The molecule has 0 aliphatic heterocycles. The van der Waals surface area contributed by atoms with Gasteiger partial charge in [0.25, 0.3) is 0 Å². The van der Waals surface area contributed by atoms with Crippen LogP contribution in [0.5, 0.6) is 5.88 Å². The molecule has 0 aromatic carbocycles. The SMILES string of the molecule is Clc1ccc(OC2CCCCCC2)nc1CNC1CC1. The van der Waals surface area contributed by atoms with Gasteiger partial charge in [0.2, 0.25) is 5.88 Å². The van der Waals surface area contributed by atoms with Gasteiger partial charge in [-0.25, -0.2) is 4.98 Å². The van der Waals surface area contributed by atoms with Crippen molar-refractivity contribution in [1.82, 2.24) is 10.3 Å². The molecular weight excluding hydrogens is 272 g/mol. The zero-order valence-corrected chi connectivity index (χ0v) is 12.7. The number of hydrogen-bond donors (Lipinski definition) is 1. The summed E-state index contributed by atoms with van der Waals surface area (Å²) >= 11 is 6.21. The van der Waals surface area contributed by atoms with Crippen molar-refractivity contribution in [3.63, 3.8) is 0 Å². The fourth-order valence-electron chi connectivity index (χ4n) is 2.71. The summed E-state index contributed by atoms with van der Waals surface area (Å²) in [5.74, 6) is 0.730. The van der Waals surface area contributed by atoms with Crippen molar-refractivity contribution in [3.8, 4) is 5.88 Å². The molecule has 3 rings (SSSR count). The largest absolute Gasteiger partial charge is 0.474 e. The third kappa shape index (κ3) is 4.10. The van der Waals surface area contributed by atoms with Gasteiger partial charge in [-0.3, -0.25) is 0 Å². The molecule has 4 heteroatoms. The Balaban J connectivity index is 1.61. The molecule has 0 unspecified atom stereocenters. The van der Waals surface area contributed by atoms with Gasteiger partial charge in [0.15, 0.2) is 0 Å². The first-order valence-electron chi connectivity index (χ1n) is 7.87. The Morgan fingerprint density at radius 3 is 2.55 bits per heavy atom. The highest BCUT2D eigenvalue weighted by Crippen LogP contribution is 2.25. The number of nitrogens with one attached hydrogen (secondary N) is 1. The Bertz CT molecular complexity index is 440. The minimum atomic E-state index is 0.329. The van der Waals surface area contributed by atoms with Crippen molar-refractivity contribution in [2.45, 2.75) is 70.1 Å². The predicted octanol–water partition coefficient (Wildman–Crippen LogP) is 4.09. The molecule has 0 amide bonds. The van der Waals surface area contributed by atoms with E-state index in [2.05, 4.69) is 10.3 Å². The molecule has 0 spiro atoms. The minimum Gasteiger partial charge on any atom is -0.474 e. The Morgan fingerprint density at radius 1 is 1.10 bits per heavy atom. The summed E-state index contributed by atoms with van der Waals surface area (Å²) in [6.07, 6.45) is 10.4. The van der Waals surface area contributed by atoms with Crippen LogP contribution in [-0.2, 0) is 6.54 Å². The van der Waals surface area contributed by atoms with E-state index in [4.69, 9.17) is 16.3 Å². The van der Waals surface area contributed by atoms with Gasteiger partial charge in [0.1, 0.15) is 6.10 Å². The number of hydrogen-bond acceptors (Lipinski definition) is 3. The minimum absolute atomic E-state index is 0.329. The summed E-state index contributed by atoms with van der Waals surface area (Å²) in [6.45, 7) is 0.741. The number of ether oxygens (including phenoxy) is 1. The molecular formula is C16H23ClN2O. The van der Waals surface area contributed by atoms with Gasteiger partial charge in [0, 0.05) is 18.7 Å². The second kappa shape index (κ2) is 6.77. The third-order valence-corrected chi connectivity index (χ3v) is 4.46. The van der Waals surface area contributed by atoms with E-state index in [9.17, 15) is 0 Å². The Morgan fingerprint density at radius 2 is 1.85 bits per heavy atom. The lowest BCUT2D eigenvalue weighted by molar-refractivity contribution is 0.175. The van der Waals surface area contributed by atoms with Gasteiger partial charge in [-0.05, 0) is 44.6 Å². The summed E-state index contributed by atoms with van der Waals surface area (Å²) in [5.41, 5.74) is 0.907. The van der Waals surface area contributed by atoms with Gasteiger partial charge >= 0.3 is 0 Å². The predicted molar refractivity (Wildman–Crippen MR) is 81.2 cm³/mol. The summed E-state index contributed by atoms with van der Waals surface area (Å²) < 4.78 is 6.06. The highest BCUT2D eigenvalue weighted by molar-refractivity contribution is 6.31. The highest BCUT2D eigenvalue weighted by Gasteiger charge is 2.21. The van der Waals surface area contributed by atoms with E-state index < -0.39 is 0 Å². The molecule has 0 bridgehead atoms. The van der Waals surface area contributed by atoms with Gasteiger partial charge in [-0.2, -0.15) is 0 Å². The summed E-state index contributed by atoms with van der Waals surface area (Å²) in [6, 6.07) is 4.47. The average molecular weight is 295 g/mol. The van der Waals surface area contributed by atoms with Crippen LogP contribution in [0.15, 0.2) is 12.1 Å². The zero-order valence-electron chi connectivity index (χ0n) is 11.9. The topological polar surface area (TPSA) is 34.1 Å². The lowest BCUT2D eigenvalue weighted by Gasteiger charge is -2.17. The fraction of sp³-hybridized carbons (Fsp3) is 0.688. The first-order valence-corrected chi connectivity index (χ1v) is 8.24. The van der Waals surface area contributed by atoms with E-state index in [0.29, 0.717) is 12.1 Å². The van der Waals surface area contributed by atoms with Crippen LogP contribution in [0.2, 0.25) is 5.02 Å². The molecule has 0 saturated heterocycles. The quantitative estimate of drug-likeness (QED) is 0.831. The highest BCUT2D eigenvalue weighted by atomic mass is 35.5. The van der Waals surface area contributed by atoms with Crippen molar-refractivity contribution >= 4 is 11.6 Å². The molecule has 2 saturated carbocycles. The smallest absolute Gasteiger partial charge is 0.213 e. The third-order valence-electron chi connectivity index (χ3n) is 4.12. The lowest BCUT2D eigenvalue weighted by Crippen LogP contribution is -2.18. The molecule has 1 aromatic heterocycles. The Kier molecular flexibility index (Phi) is 4.79. The number of halogens is 1. The van der Waals surface area contributed by atoms with Crippen molar-refractivity contribution < 1.29 is 4.74 Å². The van der Waals surface area contributed by atoms with E-state index in [1.165, 1.54) is 38.5 Å². The maximum Gasteiger partial charge on any atom is 0.213 e. The molecule has 0 atom stereocenters. The van der Waals surface area contributed by atoms with Gasteiger partial charge < -0.3 is 10.1 Å². The number of aromatic nitrogens is 1. The molecule has 2 aliphatic carbocycles. The summed E-state index contributed by atoms with van der Waals surface area (Å²) in [4.78, 5) is 4.58. The molecule has 1 N–H and O–H groups in total. The maximum atomic E-state index is 6.21. The molecule has 3 nitrogen and oxygen atoms in total. The van der Waals surface area contributed by atoms with Crippen LogP contribution < -0.4 is 10.1 Å². The van der Waals surface area contributed by atoms with Crippen molar-refractivity contribution in [3.05, 3.63) is 22.8 Å². The maximum absolute atomic E-state index is 6.21. The Hall–Kier alpha value is -0.800. The standard InChI is InChI=1S/C16H23ClN2O/c17-14-9-10-16(19-15(14)11-18-12-7-8-12)20-13-5-3-1-2-4-6-13/h9-10,12-13,18H,1-8,11H2. The number of nitrogens with zero attached hydrogens (tertiary/aromatic N) is 1. The van der Waals surface area contributed by atoms with Crippen LogP contribution in [0.1, 0.15) is 57.1 Å². The van der Waals surface area contributed by atoms with Crippen LogP contribution in [0.3, 0.4) is 0 Å². The van der Waals surface area contributed by atoms with E-state index in [-0.39, 0.29) is 0 Å². The second-order valence-electron chi connectivity index (χ2n) is 5.96. The van der Waals surface area contributed by atoms with Crippen molar-refractivity contribution in [2.75, 3.05) is 0 Å². The van der Waals surface area contributed by atoms with Crippen molar-refractivity contribution in [1.29, 1.82) is 0 Å². The lowest BCUT2D eigenvalue weighted by atomic mass is 10.1. The molecule has 2 aliphatic rings. The van der Waals surface area contributed by atoms with Gasteiger partial charge in [0.05, 0.1) is 10.7 Å².